The summed E-state index contributed by atoms with van der Waals surface area (Å²) in [6.07, 6.45) is 0. The number of sulfonamides is 1. The molecule has 21 heavy (non-hydrogen) atoms. The molecule has 112 valence electrons. The molecule has 0 spiro atoms. The molecular weight excluding hydrogens is 286 g/mol. The number of aromatic nitrogens is 1. The van der Waals surface area contributed by atoms with E-state index in [4.69, 9.17) is 5.73 Å². The Morgan fingerprint density at radius 1 is 1.14 bits per heavy atom. The van der Waals surface area contributed by atoms with Crippen LogP contribution in [-0.4, -0.2) is 13.4 Å². The van der Waals surface area contributed by atoms with Crippen molar-refractivity contribution >= 4 is 15.7 Å². The van der Waals surface area contributed by atoms with E-state index in [0.29, 0.717) is 22.5 Å². The molecule has 1 heterocycles. The van der Waals surface area contributed by atoms with Gasteiger partial charge in [0.2, 0.25) is 10.0 Å². The van der Waals surface area contributed by atoms with Gasteiger partial charge in [0, 0.05) is 11.4 Å². The van der Waals surface area contributed by atoms with E-state index in [2.05, 4.69) is 9.71 Å². The van der Waals surface area contributed by atoms with Crippen molar-refractivity contribution in [2.45, 2.75) is 32.2 Å². The van der Waals surface area contributed by atoms with Crippen LogP contribution in [0.1, 0.15) is 22.5 Å². The Hall–Kier alpha value is -1.92. The lowest BCUT2D eigenvalue weighted by Gasteiger charge is -2.13. The molecule has 1 aromatic carbocycles. The first-order valence-corrected chi connectivity index (χ1v) is 8.07. The predicted octanol–water partition coefficient (Wildman–Crippen LogP) is 2.07. The smallest absolute Gasteiger partial charge is 0.241 e. The Kier molecular flexibility index (Phi) is 4.29. The number of pyridine rings is 1. The first-order chi connectivity index (χ1) is 9.81. The van der Waals surface area contributed by atoms with E-state index in [1.165, 1.54) is 0 Å². The second-order valence-corrected chi connectivity index (χ2v) is 6.72. The van der Waals surface area contributed by atoms with E-state index < -0.39 is 10.0 Å². The summed E-state index contributed by atoms with van der Waals surface area (Å²) < 4.78 is 27.6. The van der Waals surface area contributed by atoms with Crippen molar-refractivity contribution in [3.8, 4) is 0 Å². The van der Waals surface area contributed by atoms with Crippen LogP contribution in [0.4, 0.5) is 5.69 Å². The second kappa shape index (κ2) is 5.83. The van der Waals surface area contributed by atoms with Gasteiger partial charge in [0.05, 0.1) is 17.1 Å². The molecular formula is C15H19N3O2S. The number of nitrogen functional groups attached to an aromatic ring is 1. The number of benzene rings is 1. The van der Waals surface area contributed by atoms with E-state index in [1.54, 1.807) is 32.0 Å². The van der Waals surface area contributed by atoms with Crippen molar-refractivity contribution in [2.24, 2.45) is 0 Å². The molecule has 0 saturated carbocycles. The molecule has 0 fully saturated rings. The summed E-state index contributed by atoms with van der Waals surface area (Å²) >= 11 is 0. The Morgan fingerprint density at radius 2 is 1.86 bits per heavy atom. The lowest BCUT2D eigenvalue weighted by molar-refractivity contribution is 0.579. The molecule has 0 amide bonds. The number of hydrogen-bond acceptors (Lipinski definition) is 4. The molecule has 0 aliphatic rings. The third-order valence-electron chi connectivity index (χ3n) is 3.30. The predicted molar refractivity (Wildman–Crippen MR) is 83.3 cm³/mol. The zero-order chi connectivity index (χ0) is 15.6. The van der Waals surface area contributed by atoms with Crippen molar-refractivity contribution in [1.82, 2.24) is 9.71 Å². The standard InChI is InChI=1S/C15H19N3O2S/c1-10-7-8-14(16)12(3)15(10)21(19,20)17-9-13-6-4-5-11(2)18-13/h4-8,17H,9,16H2,1-3H3. The van der Waals surface area contributed by atoms with Crippen LogP contribution in [0.3, 0.4) is 0 Å². The van der Waals surface area contributed by atoms with Crippen LogP contribution in [0.5, 0.6) is 0 Å². The van der Waals surface area contributed by atoms with Crippen LogP contribution in [0.15, 0.2) is 35.2 Å². The van der Waals surface area contributed by atoms with Gasteiger partial charge in [-0.2, -0.15) is 0 Å². The Morgan fingerprint density at radius 3 is 2.52 bits per heavy atom. The molecule has 0 unspecified atom stereocenters. The molecule has 0 radical (unpaired) electrons. The van der Waals surface area contributed by atoms with Crippen LogP contribution in [0.2, 0.25) is 0 Å². The quantitative estimate of drug-likeness (QED) is 0.847. The highest BCUT2D eigenvalue weighted by atomic mass is 32.2. The van der Waals surface area contributed by atoms with E-state index in [0.717, 1.165) is 5.69 Å². The molecule has 0 aliphatic carbocycles. The van der Waals surface area contributed by atoms with Crippen molar-refractivity contribution in [3.63, 3.8) is 0 Å². The topological polar surface area (TPSA) is 85.1 Å². The fourth-order valence-corrected chi connectivity index (χ4v) is 3.69. The van der Waals surface area contributed by atoms with Gasteiger partial charge in [0.15, 0.2) is 0 Å². The van der Waals surface area contributed by atoms with Gasteiger partial charge in [-0.1, -0.05) is 12.1 Å². The molecule has 0 atom stereocenters. The molecule has 0 aliphatic heterocycles. The van der Waals surface area contributed by atoms with E-state index >= 15 is 0 Å². The number of aryl methyl sites for hydroxylation is 2. The van der Waals surface area contributed by atoms with Gasteiger partial charge in [-0.25, -0.2) is 13.1 Å². The maximum absolute atomic E-state index is 12.5. The van der Waals surface area contributed by atoms with Gasteiger partial charge < -0.3 is 5.73 Å². The van der Waals surface area contributed by atoms with Crippen molar-refractivity contribution < 1.29 is 8.42 Å². The summed E-state index contributed by atoms with van der Waals surface area (Å²) in [4.78, 5) is 4.53. The van der Waals surface area contributed by atoms with E-state index in [-0.39, 0.29) is 11.4 Å². The first-order valence-electron chi connectivity index (χ1n) is 6.59. The molecule has 0 saturated heterocycles. The molecule has 1 aromatic heterocycles. The summed E-state index contributed by atoms with van der Waals surface area (Å²) in [6.45, 7) is 5.48. The van der Waals surface area contributed by atoms with Crippen LogP contribution >= 0.6 is 0 Å². The Balaban J connectivity index is 2.29. The van der Waals surface area contributed by atoms with Crippen molar-refractivity contribution in [2.75, 3.05) is 5.73 Å². The van der Waals surface area contributed by atoms with Crippen LogP contribution in [0.25, 0.3) is 0 Å². The third-order valence-corrected chi connectivity index (χ3v) is 4.99. The molecule has 5 nitrogen and oxygen atoms in total. The monoisotopic (exact) mass is 305 g/mol. The zero-order valence-corrected chi connectivity index (χ0v) is 13.2. The maximum Gasteiger partial charge on any atom is 0.241 e. The summed E-state index contributed by atoms with van der Waals surface area (Å²) in [5, 5.41) is 0. The molecule has 0 bridgehead atoms. The minimum atomic E-state index is -3.63. The lowest BCUT2D eigenvalue weighted by atomic mass is 10.1. The van der Waals surface area contributed by atoms with Gasteiger partial charge in [0.1, 0.15) is 0 Å². The Labute approximate surface area is 125 Å². The number of hydrogen-bond donors (Lipinski definition) is 2. The Bertz CT molecular complexity index is 770. The van der Waals surface area contributed by atoms with Crippen LogP contribution in [0, 0.1) is 20.8 Å². The van der Waals surface area contributed by atoms with Gasteiger partial charge in [0.25, 0.3) is 0 Å². The van der Waals surface area contributed by atoms with Gasteiger partial charge in [-0.05, 0) is 50.1 Å². The molecule has 6 heteroatoms. The zero-order valence-electron chi connectivity index (χ0n) is 12.3. The molecule has 3 N–H and O–H groups in total. The summed E-state index contributed by atoms with van der Waals surface area (Å²) in [5.74, 6) is 0. The summed E-state index contributed by atoms with van der Waals surface area (Å²) in [7, 11) is -3.63. The largest absolute Gasteiger partial charge is 0.398 e. The first kappa shape index (κ1) is 15.5. The van der Waals surface area contributed by atoms with Crippen molar-refractivity contribution in [3.05, 3.63) is 52.8 Å². The average Bonchev–Trinajstić information content (AvgIpc) is 2.41. The minimum absolute atomic E-state index is 0.150. The van der Waals surface area contributed by atoms with Crippen LogP contribution in [-0.2, 0) is 16.6 Å². The lowest BCUT2D eigenvalue weighted by Crippen LogP contribution is -2.25. The van der Waals surface area contributed by atoms with Crippen LogP contribution < -0.4 is 10.5 Å². The minimum Gasteiger partial charge on any atom is -0.398 e. The van der Waals surface area contributed by atoms with Gasteiger partial charge in [-0.3, -0.25) is 4.98 Å². The summed E-state index contributed by atoms with van der Waals surface area (Å²) in [6, 6.07) is 8.93. The number of nitrogens with one attached hydrogen (secondary N) is 1. The van der Waals surface area contributed by atoms with Gasteiger partial charge >= 0.3 is 0 Å². The summed E-state index contributed by atoms with van der Waals surface area (Å²) in [5.41, 5.74) is 9.05. The second-order valence-electron chi connectivity index (χ2n) is 5.02. The van der Waals surface area contributed by atoms with E-state index in [9.17, 15) is 8.42 Å². The number of anilines is 1. The highest BCUT2D eigenvalue weighted by Crippen LogP contribution is 2.24. The number of rotatable bonds is 4. The highest BCUT2D eigenvalue weighted by Gasteiger charge is 2.20. The van der Waals surface area contributed by atoms with Gasteiger partial charge in [-0.15, -0.1) is 0 Å². The third kappa shape index (κ3) is 3.40. The SMILES string of the molecule is Cc1cccc(CNS(=O)(=O)c2c(C)ccc(N)c2C)n1. The average molecular weight is 305 g/mol. The number of nitrogens with zero attached hydrogens (tertiary/aromatic N) is 1. The van der Waals surface area contributed by atoms with E-state index in [1.807, 2.05) is 19.1 Å². The van der Waals surface area contributed by atoms with Crippen molar-refractivity contribution in [1.29, 1.82) is 0 Å². The fraction of sp³-hybridized carbons (Fsp3) is 0.267. The molecule has 2 rings (SSSR count). The fourth-order valence-electron chi connectivity index (χ4n) is 2.19. The normalized spacial score (nSPS) is 11.6. The number of nitrogens with two attached hydrogens (primary N) is 1. The molecule has 2 aromatic rings. The highest BCUT2D eigenvalue weighted by molar-refractivity contribution is 7.89. The maximum atomic E-state index is 12.5.